The van der Waals surface area contributed by atoms with Gasteiger partial charge >= 0.3 is 0 Å². The first-order chi connectivity index (χ1) is 8.17. The standard InChI is InChI=1S/C14H16ClN2.2ClH/c1-11-3-14(7-16-6-11)10-17-8-12(2)4-13(5-15)9-17;;/h3-4,6-9H,5,10H2,1-2H3;2*1H/q+1;;/p-1. The molecule has 2 aromatic heterocycles. The minimum absolute atomic E-state index is 0. The van der Waals surface area contributed by atoms with Crippen molar-refractivity contribution < 1.29 is 17.0 Å². The highest BCUT2D eigenvalue weighted by atomic mass is 35.5. The molecule has 2 nitrogen and oxygen atoms in total. The van der Waals surface area contributed by atoms with E-state index >= 15 is 0 Å². The highest BCUT2D eigenvalue weighted by Crippen LogP contribution is 2.05. The van der Waals surface area contributed by atoms with Crippen molar-refractivity contribution in [2.24, 2.45) is 0 Å². The average molecular weight is 320 g/mol. The van der Waals surface area contributed by atoms with Gasteiger partial charge < -0.3 is 12.4 Å². The Bertz CT molecular complexity index is 530. The van der Waals surface area contributed by atoms with E-state index in [1.807, 2.05) is 12.4 Å². The van der Waals surface area contributed by atoms with E-state index in [0.29, 0.717) is 5.88 Å². The topological polar surface area (TPSA) is 16.8 Å². The van der Waals surface area contributed by atoms with Gasteiger partial charge in [-0.3, -0.25) is 4.98 Å². The summed E-state index contributed by atoms with van der Waals surface area (Å²) in [7, 11) is 0. The molecule has 0 atom stereocenters. The number of pyridine rings is 2. The summed E-state index contributed by atoms with van der Waals surface area (Å²) in [5, 5.41) is 0. The van der Waals surface area contributed by atoms with E-state index in [2.05, 4.69) is 47.9 Å². The molecule has 0 amide bonds. The minimum atomic E-state index is 0. The number of aryl methyl sites for hydroxylation is 2. The summed E-state index contributed by atoms with van der Waals surface area (Å²) in [5.74, 6) is 0.549. The van der Waals surface area contributed by atoms with Gasteiger partial charge in [-0.2, -0.15) is 0 Å². The molecule has 2 heterocycles. The van der Waals surface area contributed by atoms with Gasteiger partial charge in [0.2, 0.25) is 0 Å². The van der Waals surface area contributed by atoms with Gasteiger partial charge in [0, 0.05) is 29.1 Å². The first kappa shape index (κ1) is 18.2. The van der Waals surface area contributed by atoms with Crippen LogP contribution < -0.4 is 17.0 Å². The van der Waals surface area contributed by atoms with Crippen molar-refractivity contribution in [2.45, 2.75) is 26.3 Å². The van der Waals surface area contributed by atoms with Gasteiger partial charge in [-0.1, -0.05) is 0 Å². The fraction of sp³-hybridized carbons (Fsp3) is 0.286. The number of alkyl halides is 1. The van der Waals surface area contributed by atoms with Gasteiger partial charge in [-0.15, -0.1) is 24.0 Å². The van der Waals surface area contributed by atoms with E-state index in [1.54, 1.807) is 0 Å². The summed E-state index contributed by atoms with van der Waals surface area (Å²) in [6, 6.07) is 4.26. The third kappa shape index (κ3) is 5.35. The Morgan fingerprint density at radius 1 is 1.05 bits per heavy atom. The Morgan fingerprint density at radius 2 is 1.74 bits per heavy atom. The van der Waals surface area contributed by atoms with Crippen LogP contribution in [0.5, 0.6) is 0 Å². The van der Waals surface area contributed by atoms with Gasteiger partial charge in [0.25, 0.3) is 0 Å². The molecular weight excluding hydrogens is 303 g/mol. The number of nitrogens with zero attached hydrogens (tertiary/aromatic N) is 2. The fourth-order valence-corrected chi connectivity index (χ4v) is 2.10. The second-order valence-electron chi connectivity index (χ2n) is 4.40. The maximum atomic E-state index is 5.87. The van der Waals surface area contributed by atoms with Gasteiger partial charge in [0.1, 0.15) is 0 Å². The highest BCUT2D eigenvalue weighted by Gasteiger charge is 2.06. The van der Waals surface area contributed by atoms with Crippen LogP contribution in [0.4, 0.5) is 0 Å². The Kier molecular flexibility index (Phi) is 8.00. The van der Waals surface area contributed by atoms with Crippen LogP contribution in [-0.4, -0.2) is 4.98 Å². The van der Waals surface area contributed by atoms with Crippen LogP contribution in [0.3, 0.4) is 0 Å². The summed E-state index contributed by atoms with van der Waals surface area (Å²) in [6.07, 6.45) is 7.98. The number of halogens is 3. The molecule has 0 unspecified atom stereocenters. The van der Waals surface area contributed by atoms with Crippen LogP contribution in [0.25, 0.3) is 0 Å². The van der Waals surface area contributed by atoms with E-state index < -0.39 is 0 Å². The molecule has 2 aromatic rings. The Labute approximate surface area is 131 Å². The van der Waals surface area contributed by atoms with Gasteiger partial charge in [-0.05, 0) is 31.5 Å². The van der Waals surface area contributed by atoms with E-state index in [-0.39, 0.29) is 24.8 Å². The monoisotopic (exact) mass is 318 g/mol. The van der Waals surface area contributed by atoms with Crippen molar-refractivity contribution in [1.82, 2.24) is 4.98 Å². The van der Waals surface area contributed by atoms with Crippen LogP contribution >= 0.6 is 24.0 Å². The zero-order valence-corrected chi connectivity index (χ0v) is 13.3. The van der Waals surface area contributed by atoms with Crippen LogP contribution in [0, 0.1) is 13.8 Å². The lowest BCUT2D eigenvalue weighted by Crippen LogP contribution is -3.00. The predicted molar refractivity (Wildman–Crippen MR) is 76.3 cm³/mol. The average Bonchev–Trinajstić information content (AvgIpc) is 2.28. The van der Waals surface area contributed by atoms with Crippen molar-refractivity contribution >= 4 is 24.0 Å². The molecule has 0 aliphatic heterocycles. The molecule has 0 saturated carbocycles. The maximum Gasteiger partial charge on any atom is 0.175 e. The molecule has 0 fully saturated rings. The molecule has 0 aromatic carbocycles. The summed E-state index contributed by atoms with van der Waals surface area (Å²) in [4.78, 5) is 4.21. The molecule has 19 heavy (non-hydrogen) atoms. The summed E-state index contributed by atoms with van der Waals surface area (Å²) in [6.45, 7) is 4.98. The zero-order valence-electron chi connectivity index (χ0n) is 10.9. The molecule has 0 aliphatic rings. The van der Waals surface area contributed by atoms with E-state index in [0.717, 1.165) is 12.1 Å². The van der Waals surface area contributed by atoms with Crippen molar-refractivity contribution in [3.63, 3.8) is 0 Å². The molecular formula is C14H17Cl3N2. The van der Waals surface area contributed by atoms with Gasteiger partial charge in [-0.25, -0.2) is 4.57 Å². The molecule has 0 bridgehead atoms. The predicted octanol–water partition coefficient (Wildman–Crippen LogP) is 0.199. The first-order valence-corrected chi connectivity index (χ1v) is 6.17. The first-order valence-electron chi connectivity index (χ1n) is 5.63. The van der Waals surface area contributed by atoms with Crippen LogP contribution in [0.2, 0.25) is 0 Å². The summed E-state index contributed by atoms with van der Waals surface area (Å²) in [5.41, 5.74) is 4.77. The van der Waals surface area contributed by atoms with Crippen LogP contribution in [-0.2, 0) is 12.4 Å². The van der Waals surface area contributed by atoms with Gasteiger partial charge in [0.15, 0.2) is 18.9 Å². The van der Waals surface area contributed by atoms with Crippen LogP contribution in [0.15, 0.2) is 36.9 Å². The van der Waals surface area contributed by atoms with E-state index in [1.165, 1.54) is 16.7 Å². The van der Waals surface area contributed by atoms with E-state index in [4.69, 9.17) is 11.6 Å². The third-order valence-electron chi connectivity index (χ3n) is 2.57. The van der Waals surface area contributed by atoms with Gasteiger partial charge in [0.05, 0.1) is 5.88 Å². The molecule has 0 aliphatic carbocycles. The fourth-order valence-electron chi connectivity index (χ4n) is 1.96. The van der Waals surface area contributed by atoms with Crippen molar-refractivity contribution in [1.29, 1.82) is 0 Å². The number of rotatable bonds is 3. The molecule has 0 N–H and O–H groups in total. The second kappa shape index (κ2) is 8.36. The SMILES string of the molecule is Cc1cncc(C[n+]2cc(C)cc(CCl)c2)c1.Cl.[Cl-]. The Balaban J connectivity index is 0.00000162. The smallest absolute Gasteiger partial charge is 0.175 e. The largest absolute Gasteiger partial charge is 1.00 e. The second-order valence-corrected chi connectivity index (χ2v) is 4.67. The number of aromatic nitrogens is 2. The van der Waals surface area contributed by atoms with Crippen molar-refractivity contribution in [3.8, 4) is 0 Å². The molecule has 0 saturated heterocycles. The molecule has 104 valence electrons. The lowest BCUT2D eigenvalue weighted by Gasteiger charge is -2.02. The summed E-state index contributed by atoms with van der Waals surface area (Å²) < 4.78 is 2.16. The molecule has 0 spiro atoms. The van der Waals surface area contributed by atoms with Crippen molar-refractivity contribution in [2.75, 3.05) is 0 Å². The molecule has 5 heteroatoms. The van der Waals surface area contributed by atoms with Crippen LogP contribution in [0.1, 0.15) is 22.3 Å². The Hall–Kier alpha value is -0.830. The number of hydrogen-bond acceptors (Lipinski definition) is 1. The third-order valence-corrected chi connectivity index (χ3v) is 2.87. The number of hydrogen-bond donors (Lipinski definition) is 0. The highest BCUT2D eigenvalue weighted by molar-refractivity contribution is 6.17. The quantitative estimate of drug-likeness (QED) is 0.583. The summed E-state index contributed by atoms with van der Waals surface area (Å²) >= 11 is 5.87. The molecule has 0 radical (unpaired) electrons. The molecule has 2 rings (SSSR count). The van der Waals surface area contributed by atoms with Crippen molar-refractivity contribution in [3.05, 3.63) is 59.2 Å². The van der Waals surface area contributed by atoms with E-state index in [9.17, 15) is 0 Å². The minimum Gasteiger partial charge on any atom is -1.00 e. The maximum absolute atomic E-state index is 5.87. The zero-order chi connectivity index (χ0) is 12.3. The normalized spacial score (nSPS) is 9.42. The lowest BCUT2D eigenvalue weighted by molar-refractivity contribution is -0.689. The lowest BCUT2D eigenvalue weighted by atomic mass is 10.2. The Morgan fingerprint density at radius 3 is 2.37 bits per heavy atom.